The maximum Gasteiger partial charge on any atom is 0.150 e. The third kappa shape index (κ3) is 1.82. The molecule has 3 unspecified atom stereocenters. The Balaban J connectivity index is 1.65. The van der Waals surface area contributed by atoms with E-state index in [2.05, 4.69) is 32.2 Å². The fourth-order valence-electron chi connectivity index (χ4n) is 3.97. The summed E-state index contributed by atoms with van der Waals surface area (Å²) >= 11 is 8.08. The molecule has 2 fully saturated rings. The second kappa shape index (κ2) is 4.63. The normalized spacial score (nSPS) is 32.0. The summed E-state index contributed by atoms with van der Waals surface area (Å²) < 4.78 is 1.05. The highest BCUT2D eigenvalue weighted by Crippen LogP contribution is 2.59. The lowest BCUT2D eigenvalue weighted by molar-refractivity contribution is 0.377. The summed E-state index contributed by atoms with van der Waals surface area (Å²) in [5.41, 5.74) is 5.65. The number of aryl methyl sites for hydroxylation is 1. The van der Waals surface area contributed by atoms with Crippen LogP contribution in [0.5, 0.6) is 0 Å². The molecule has 0 saturated heterocycles. The number of thiophene rings is 1. The zero-order chi connectivity index (χ0) is 15.0. The number of aromatic nitrogens is 2. The fourth-order valence-corrected chi connectivity index (χ4v) is 6.09. The lowest BCUT2D eigenvalue weighted by atomic mass is 9.69. The predicted octanol–water partition coefficient (Wildman–Crippen LogP) is 5.24. The third-order valence-electron chi connectivity index (χ3n) is 5.43. The zero-order valence-corrected chi connectivity index (χ0v) is 15.0. The molecule has 2 nitrogen and oxygen atoms in total. The van der Waals surface area contributed by atoms with E-state index in [9.17, 15) is 0 Å². The number of nitrogens with zero attached hydrogens (tertiary/aromatic N) is 2. The molecule has 0 radical (unpaired) electrons. The SMILES string of the molecule is Cc1c(C2/C=C3/CC3C(P)=C3CC2C3)sc2c(Cl)ncnc12. The van der Waals surface area contributed by atoms with Crippen molar-refractivity contribution in [2.45, 2.75) is 32.1 Å². The van der Waals surface area contributed by atoms with E-state index in [1.165, 1.54) is 29.7 Å². The van der Waals surface area contributed by atoms with Gasteiger partial charge in [-0.25, -0.2) is 9.97 Å². The molecule has 0 aromatic carbocycles. The van der Waals surface area contributed by atoms with Gasteiger partial charge in [0.15, 0.2) is 0 Å². The van der Waals surface area contributed by atoms with Crippen LogP contribution in [0.1, 0.15) is 35.6 Å². The number of fused-ring (bicyclic) bond motifs is 2. The Morgan fingerprint density at radius 2 is 2.09 bits per heavy atom. The number of halogens is 1. The van der Waals surface area contributed by atoms with Crippen molar-refractivity contribution in [3.05, 3.63) is 44.5 Å². The Labute approximate surface area is 140 Å². The van der Waals surface area contributed by atoms with Crippen LogP contribution in [0.25, 0.3) is 10.2 Å². The molecule has 2 heterocycles. The van der Waals surface area contributed by atoms with Gasteiger partial charge in [-0.15, -0.1) is 20.6 Å². The van der Waals surface area contributed by atoms with Gasteiger partial charge in [0.25, 0.3) is 0 Å². The highest BCUT2D eigenvalue weighted by atomic mass is 35.5. The first kappa shape index (κ1) is 13.7. The summed E-state index contributed by atoms with van der Waals surface area (Å²) in [6.45, 7) is 2.19. The van der Waals surface area contributed by atoms with Gasteiger partial charge in [0.1, 0.15) is 11.5 Å². The van der Waals surface area contributed by atoms with Gasteiger partial charge < -0.3 is 0 Å². The first-order valence-corrected chi connectivity index (χ1v) is 9.48. The first-order chi connectivity index (χ1) is 10.6. The first-order valence-electron chi connectivity index (χ1n) is 7.71. The van der Waals surface area contributed by atoms with Crippen molar-refractivity contribution >= 4 is 42.4 Å². The van der Waals surface area contributed by atoms with Crippen molar-refractivity contribution < 1.29 is 0 Å². The van der Waals surface area contributed by atoms with Crippen LogP contribution in [0, 0.1) is 18.8 Å². The highest BCUT2D eigenvalue weighted by molar-refractivity contribution is 7.22. The molecule has 0 N–H and O–H groups in total. The van der Waals surface area contributed by atoms with Gasteiger partial charge in [-0.05, 0) is 43.0 Å². The Morgan fingerprint density at radius 1 is 1.27 bits per heavy atom. The molecule has 2 saturated carbocycles. The van der Waals surface area contributed by atoms with Gasteiger partial charge in [0.2, 0.25) is 0 Å². The Kier molecular flexibility index (Phi) is 2.87. The Bertz CT molecular complexity index is 874. The van der Waals surface area contributed by atoms with Crippen LogP contribution in [-0.4, -0.2) is 9.97 Å². The molecular formula is C17H16ClN2PS. The second-order valence-electron chi connectivity index (χ2n) is 6.68. The molecule has 112 valence electrons. The summed E-state index contributed by atoms with van der Waals surface area (Å²) in [5, 5.41) is 2.18. The third-order valence-corrected chi connectivity index (χ3v) is 8.03. The maximum absolute atomic E-state index is 6.28. The predicted molar refractivity (Wildman–Crippen MR) is 95.6 cm³/mol. The fraction of sp³-hybridized carbons (Fsp3) is 0.412. The van der Waals surface area contributed by atoms with Gasteiger partial charge >= 0.3 is 0 Å². The Morgan fingerprint density at radius 3 is 2.86 bits per heavy atom. The molecule has 0 spiro atoms. The van der Waals surface area contributed by atoms with E-state index in [-0.39, 0.29) is 0 Å². The summed E-state index contributed by atoms with van der Waals surface area (Å²) in [7, 11) is 3.00. The van der Waals surface area contributed by atoms with E-state index in [0.717, 1.165) is 22.1 Å². The molecule has 22 heavy (non-hydrogen) atoms. The van der Waals surface area contributed by atoms with Crippen LogP contribution in [-0.2, 0) is 0 Å². The van der Waals surface area contributed by atoms with E-state index >= 15 is 0 Å². The summed E-state index contributed by atoms with van der Waals surface area (Å²) in [6, 6.07) is 0. The van der Waals surface area contributed by atoms with Crippen LogP contribution >= 0.6 is 32.2 Å². The van der Waals surface area contributed by atoms with E-state index in [0.29, 0.717) is 11.1 Å². The van der Waals surface area contributed by atoms with Crippen molar-refractivity contribution in [3.63, 3.8) is 0 Å². The van der Waals surface area contributed by atoms with Gasteiger partial charge in [0.05, 0.1) is 10.2 Å². The molecule has 2 aromatic rings. The van der Waals surface area contributed by atoms with Crippen LogP contribution in [0.4, 0.5) is 0 Å². The molecule has 2 aromatic heterocycles. The molecular weight excluding hydrogens is 331 g/mol. The van der Waals surface area contributed by atoms with Crippen LogP contribution in [0.2, 0.25) is 5.15 Å². The van der Waals surface area contributed by atoms with E-state index in [1.54, 1.807) is 34.1 Å². The molecule has 6 rings (SSSR count). The molecule has 4 aliphatic rings. The van der Waals surface area contributed by atoms with Crippen molar-refractivity contribution in [1.29, 1.82) is 0 Å². The summed E-state index contributed by atoms with van der Waals surface area (Å²) in [6.07, 6.45) is 7.91. The minimum atomic E-state index is 0.539. The topological polar surface area (TPSA) is 25.8 Å². The second-order valence-corrected chi connectivity index (χ2v) is 8.72. The lowest BCUT2D eigenvalue weighted by Gasteiger charge is -2.37. The Hall–Kier alpha value is -0.760. The maximum atomic E-state index is 6.28. The van der Waals surface area contributed by atoms with E-state index in [4.69, 9.17) is 11.6 Å². The van der Waals surface area contributed by atoms with Gasteiger partial charge in [-0.2, -0.15) is 0 Å². The monoisotopic (exact) mass is 346 g/mol. The molecule has 0 aliphatic heterocycles. The van der Waals surface area contributed by atoms with Crippen LogP contribution < -0.4 is 0 Å². The van der Waals surface area contributed by atoms with E-state index in [1.807, 2.05) is 0 Å². The molecule has 2 bridgehead atoms. The number of allylic oxidation sites excluding steroid dienone is 4. The van der Waals surface area contributed by atoms with Gasteiger partial charge in [0, 0.05) is 16.7 Å². The largest absolute Gasteiger partial charge is 0.235 e. The van der Waals surface area contributed by atoms with Crippen molar-refractivity contribution in [2.75, 3.05) is 0 Å². The molecule has 5 heteroatoms. The lowest BCUT2D eigenvalue weighted by Crippen LogP contribution is -2.23. The zero-order valence-electron chi connectivity index (χ0n) is 12.3. The standard InChI is InChI=1S/C17H16ClN2PS/c1-7-13-16(17(18)20-6-19-13)22-15(7)12-5-9-4-11(9)14(21)10-2-8(12)3-10/h5-6,8,11-12H,2-4,21H2,1H3/b9-5-,14-10?. The van der Waals surface area contributed by atoms with Crippen LogP contribution in [0.3, 0.4) is 0 Å². The van der Waals surface area contributed by atoms with Crippen molar-refractivity contribution in [3.8, 4) is 0 Å². The van der Waals surface area contributed by atoms with Gasteiger partial charge in [-0.1, -0.05) is 28.8 Å². The average molecular weight is 347 g/mol. The number of hydrogen-bond donors (Lipinski definition) is 0. The smallest absolute Gasteiger partial charge is 0.150 e. The van der Waals surface area contributed by atoms with E-state index < -0.39 is 0 Å². The minimum Gasteiger partial charge on any atom is -0.235 e. The molecule has 3 atom stereocenters. The van der Waals surface area contributed by atoms with Crippen molar-refractivity contribution in [1.82, 2.24) is 9.97 Å². The number of rotatable bonds is 1. The van der Waals surface area contributed by atoms with Gasteiger partial charge in [-0.3, -0.25) is 0 Å². The summed E-state index contributed by atoms with van der Waals surface area (Å²) in [4.78, 5) is 10.1. The molecule has 4 aliphatic carbocycles. The van der Waals surface area contributed by atoms with Crippen molar-refractivity contribution in [2.24, 2.45) is 11.8 Å². The quantitative estimate of drug-likeness (QED) is 0.401. The highest BCUT2D eigenvalue weighted by Gasteiger charge is 2.43. The van der Waals surface area contributed by atoms with Crippen LogP contribution in [0.15, 0.2) is 28.9 Å². The molecule has 0 amide bonds. The summed E-state index contributed by atoms with van der Waals surface area (Å²) in [5.74, 6) is 2.01. The minimum absolute atomic E-state index is 0.539. The number of hydrogen-bond acceptors (Lipinski definition) is 3. The average Bonchev–Trinajstić information content (AvgIpc) is 3.11.